The summed E-state index contributed by atoms with van der Waals surface area (Å²) in [6, 6.07) is 6.60. The predicted molar refractivity (Wildman–Crippen MR) is 76.2 cm³/mol. The van der Waals surface area contributed by atoms with Crippen molar-refractivity contribution in [3.05, 3.63) is 35.4 Å². The van der Waals surface area contributed by atoms with Gasteiger partial charge < -0.3 is 4.74 Å². The largest absolute Gasteiger partial charge is 0.468 e. The summed E-state index contributed by atoms with van der Waals surface area (Å²) in [5.74, 6) is -0.738. The molecule has 20 heavy (non-hydrogen) atoms. The third kappa shape index (κ3) is 3.37. The fourth-order valence-corrected chi connectivity index (χ4v) is 4.04. The number of esters is 1. The first-order valence-corrected chi connectivity index (χ1v) is 8.40. The summed E-state index contributed by atoms with van der Waals surface area (Å²) in [4.78, 5) is 11.6. The van der Waals surface area contributed by atoms with E-state index in [4.69, 9.17) is 0 Å². The molecule has 1 aromatic rings. The molecule has 1 N–H and O–H groups in total. The van der Waals surface area contributed by atoms with E-state index in [0.717, 1.165) is 12.0 Å². The Kier molecular flexibility index (Phi) is 4.45. The van der Waals surface area contributed by atoms with Crippen molar-refractivity contribution in [1.82, 2.24) is 5.32 Å². The van der Waals surface area contributed by atoms with E-state index >= 15 is 0 Å². The van der Waals surface area contributed by atoms with Crippen LogP contribution in [0.3, 0.4) is 0 Å². The molecule has 1 fully saturated rings. The van der Waals surface area contributed by atoms with Gasteiger partial charge in [0.1, 0.15) is 6.04 Å². The van der Waals surface area contributed by atoms with Crippen LogP contribution in [0.4, 0.5) is 0 Å². The molecule has 1 aliphatic rings. The van der Waals surface area contributed by atoms with Crippen molar-refractivity contribution in [2.24, 2.45) is 0 Å². The lowest BCUT2D eigenvalue weighted by atomic mass is 10.0. The van der Waals surface area contributed by atoms with Crippen molar-refractivity contribution in [1.29, 1.82) is 0 Å². The van der Waals surface area contributed by atoms with Gasteiger partial charge in [0.15, 0.2) is 9.84 Å². The van der Waals surface area contributed by atoms with Gasteiger partial charge in [0.2, 0.25) is 0 Å². The van der Waals surface area contributed by atoms with Gasteiger partial charge in [-0.05, 0) is 17.5 Å². The molecule has 0 aromatic heterocycles. The van der Waals surface area contributed by atoms with Gasteiger partial charge in [0, 0.05) is 6.04 Å². The van der Waals surface area contributed by atoms with Crippen LogP contribution < -0.4 is 5.32 Å². The molecule has 1 heterocycles. The van der Waals surface area contributed by atoms with Crippen molar-refractivity contribution in [3.8, 4) is 0 Å². The first kappa shape index (κ1) is 15.0. The van der Waals surface area contributed by atoms with Crippen LogP contribution in [0.5, 0.6) is 0 Å². The van der Waals surface area contributed by atoms with Crippen molar-refractivity contribution in [2.45, 2.75) is 25.4 Å². The minimum Gasteiger partial charge on any atom is -0.468 e. The molecule has 1 aromatic carbocycles. The number of methoxy groups -OCH3 is 1. The van der Waals surface area contributed by atoms with E-state index in [0.29, 0.717) is 0 Å². The van der Waals surface area contributed by atoms with Crippen LogP contribution in [0.25, 0.3) is 0 Å². The van der Waals surface area contributed by atoms with Crippen molar-refractivity contribution < 1.29 is 17.9 Å². The van der Waals surface area contributed by atoms with Gasteiger partial charge in [-0.3, -0.25) is 10.1 Å². The second kappa shape index (κ2) is 5.93. The molecule has 1 aliphatic heterocycles. The average molecular weight is 297 g/mol. The first-order chi connectivity index (χ1) is 9.45. The first-order valence-electron chi connectivity index (χ1n) is 6.58. The van der Waals surface area contributed by atoms with E-state index in [1.165, 1.54) is 12.7 Å². The minimum atomic E-state index is -3.26. The fourth-order valence-electron chi connectivity index (χ4n) is 2.37. The molecule has 1 saturated heterocycles. The molecule has 0 saturated carbocycles. The van der Waals surface area contributed by atoms with E-state index in [1.54, 1.807) is 0 Å². The van der Waals surface area contributed by atoms with Gasteiger partial charge in [-0.2, -0.15) is 0 Å². The molecule has 2 rings (SSSR count). The van der Waals surface area contributed by atoms with Crippen molar-refractivity contribution in [3.63, 3.8) is 0 Å². The normalized spacial score (nSPS) is 25.1. The Hall–Kier alpha value is -1.40. The molecule has 0 amide bonds. The van der Waals surface area contributed by atoms with Crippen LogP contribution in [-0.2, 0) is 25.8 Å². The number of sulfone groups is 1. The highest BCUT2D eigenvalue weighted by Crippen LogP contribution is 2.22. The monoisotopic (exact) mass is 297 g/mol. The summed E-state index contributed by atoms with van der Waals surface area (Å²) < 4.78 is 28.5. The Morgan fingerprint density at radius 2 is 1.95 bits per heavy atom. The molecule has 0 spiro atoms. The predicted octanol–water partition coefficient (Wildman–Crippen LogP) is 0.850. The third-order valence-electron chi connectivity index (χ3n) is 3.52. The number of rotatable bonds is 3. The van der Waals surface area contributed by atoms with E-state index in [2.05, 4.69) is 17.0 Å². The van der Waals surface area contributed by atoms with Crippen LogP contribution in [0, 0.1) is 0 Å². The van der Waals surface area contributed by atoms with Gasteiger partial charge in [0.25, 0.3) is 0 Å². The molecule has 0 bridgehead atoms. The topological polar surface area (TPSA) is 72.5 Å². The number of nitrogens with one attached hydrogen (secondary N) is 1. The molecule has 2 atom stereocenters. The Bertz CT molecular complexity index is 580. The number of hydrogen-bond acceptors (Lipinski definition) is 5. The molecule has 5 nitrogen and oxygen atoms in total. The molecule has 0 radical (unpaired) electrons. The van der Waals surface area contributed by atoms with Crippen LogP contribution in [0.15, 0.2) is 24.3 Å². The maximum absolute atomic E-state index is 11.9. The Morgan fingerprint density at radius 1 is 1.30 bits per heavy atom. The number of ether oxygens (including phenoxy) is 1. The van der Waals surface area contributed by atoms with Gasteiger partial charge in [-0.15, -0.1) is 0 Å². The number of carbonyl (C=O) groups is 1. The molecular formula is C14H19NO4S. The summed E-state index contributed by atoms with van der Waals surface area (Å²) in [5, 5.41) is 3.06. The van der Waals surface area contributed by atoms with Crippen LogP contribution in [-0.4, -0.2) is 39.0 Å². The zero-order valence-corrected chi connectivity index (χ0v) is 12.4. The van der Waals surface area contributed by atoms with E-state index in [9.17, 15) is 13.2 Å². The van der Waals surface area contributed by atoms with Crippen LogP contribution >= 0.6 is 0 Å². The average Bonchev–Trinajstić information content (AvgIpc) is 2.44. The fraction of sp³-hybridized carbons (Fsp3) is 0.500. The third-order valence-corrected chi connectivity index (χ3v) is 5.20. The highest BCUT2D eigenvalue weighted by Gasteiger charge is 2.36. The number of hydrogen-bond donors (Lipinski definition) is 1. The number of carbonyl (C=O) groups excluding carboxylic acids is 1. The lowest BCUT2D eigenvalue weighted by Gasteiger charge is -2.29. The lowest BCUT2D eigenvalue weighted by molar-refractivity contribution is -0.142. The zero-order chi connectivity index (χ0) is 14.8. The standard InChI is InChI=1S/C14H19NO4S/c1-3-10-4-6-11(7-5-10)12-8-20(17,18)9-13(15-12)14(16)19-2/h4-7,12-13,15H,3,8-9H2,1-2H3. The summed E-state index contributed by atoms with van der Waals surface area (Å²) >= 11 is 0. The van der Waals surface area contributed by atoms with Crippen molar-refractivity contribution in [2.75, 3.05) is 18.6 Å². The highest BCUT2D eigenvalue weighted by molar-refractivity contribution is 7.91. The molecular weight excluding hydrogens is 278 g/mol. The Morgan fingerprint density at radius 3 is 2.50 bits per heavy atom. The van der Waals surface area contributed by atoms with Crippen molar-refractivity contribution >= 4 is 15.8 Å². The SMILES string of the molecule is CCc1ccc(C2CS(=O)(=O)CC(C(=O)OC)N2)cc1. The Balaban J connectivity index is 2.23. The minimum absolute atomic E-state index is 0.00592. The molecule has 6 heteroatoms. The summed E-state index contributed by atoms with van der Waals surface area (Å²) in [5.41, 5.74) is 2.07. The second-order valence-corrected chi connectivity index (χ2v) is 7.12. The highest BCUT2D eigenvalue weighted by atomic mass is 32.2. The van der Waals surface area contributed by atoms with E-state index in [-0.39, 0.29) is 17.5 Å². The van der Waals surface area contributed by atoms with Crippen LogP contribution in [0.2, 0.25) is 0 Å². The van der Waals surface area contributed by atoms with Gasteiger partial charge in [0.05, 0.1) is 18.6 Å². The van der Waals surface area contributed by atoms with Gasteiger partial charge in [-0.1, -0.05) is 31.2 Å². The Labute approximate surface area is 119 Å². The summed E-state index contributed by atoms with van der Waals surface area (Å²) in [6.07, 6.45) is 0.932. The quantitative estimate of drug-likeness (QED) is 0.837. The maximum atomic E-state index is 11.9. The summed E-state index contributed by atoms with van der Waals surface area (Å²) in [7, 11) is -2.00. The van der Waals surface area contributed by atoms with Gasteiger partial charge in [-0.25, -0.2) is 8.42 Å². The molecule has 110 valence electrons. The number of aryl methyl sites for hydroxylation is 1. The summed E-state index contributed by atoms with van der Waals surface area (Å²) in [6.45, 7) is 2.06. The molecule has 2 unspecified atom stereocenters. The second-order valence-electron chi connectivity index (χ2n) is 4.97. The lowest BCUT2D eigenvalue weighted by Crippen LogP contribution is -2.51. The van der Waals surface area contributed by atoms with E-state index < -0.39 is 21.8 Å². The van der Waals surface area contributed by atoms with E-state index in [1.807, 2.05) is 24.3 Å². The zero-order valence-electron chi connectivity index (χ0n) is 11.6. The van der Waals surface area contributed by atoms with Crippen LogP contribution in [0.1, 0.15) is 24.1 Å². The van der Waals surface area contributed by atoms with Gasteiger partial charge >= 0.3 is 5.97 Å². The number of benzene rings is 1. The smallest absolute Gasteiger partial charge is 0.323 e. The maximum Gasteiger partial charge on any atom is 0.323 e. The molecule has 0 aliphatic carbocycles.